The zero-order valence-corrected chi connectivity index (χ0v) is 11.5. The predicted molar refractivity (Wildman–Crippen MR) is 72.0 cm³/mol. The van der Waals surface area contributed by atoms with Crippen LogP contribution in [0.15, 0.2) is 12.1 Å². The van der Waals surface area contributed by atoms with E-state index in [1.54, 1.807) is 6.92 Å². The third kappa shape index (κ3) is 4.85. The van der Waals surface area contributed by atoms with Crippen molar-refractivity contribution in [3.63, 3.8) is 0 Å². The summed E-state index contributed by atoms with van der Waals surface area (Å²) in [5.74, 6) is -1.13. The van der Waals surface area contributed by atoms with E-state index in [1.807, 2.05) is 0 Å². The Morgan fingerprint density at radius 3 is 2.63 bits per heavy atom. The fraction of sp³-hybridized carbons (Fsp3) is 0.500. The van der Waals surface area contributed by atoms with Crippen LogP contribution in [0.4, 0.5) is 14.5 Å². The summed E-state index contributed by atoms with van der Waals surface area (Å²) in [6.45, 7) is 6.08. The van der Waals surface area contributed by atoms with E-state index in [-0.39, 0.29) is 18.1 Å². The minimum Gasteiger partial charge on any atom is -0.371 e. The largest absolute Gasteiger partial charge is 0.371 e. The molecule has 19 heavy (non-hydrogen) atoms. The Morgan fingerprint density at radius 2 is 2.00 bits per heavy atom. The molecular formula is C14H20F2N2O. The van der Waals surface area contributed by atoms with Crippen LogP contribution in [0.5, 0.6) is 0 Å². The highest BCUT2D eigenvalue weighted by atomic mass is 19.1. The van der Waals surface area contributed by atoms with Gasteiger partial charge in [-0.15, -0.1) is 0 Å². The summed E-state index contributed by atoms with van der Waals surface area (Å²) in [7, 11) is 0. The Balaban J connectivity index is 2.49. The van der Waals surface area contributed by atoms with Crippen LogP contribution in [0.1, 0.15) is 25.8 Å². The highest BCUT2D eigenvalue weighted by Gasteiger charge is 2.12. The average molecular weight is 270 g/mol. The van der Waals surface area contributed by atoms with Crippen LogP contribution in [0.2, 0.25) is 0 Å². The summed E-state index contributed by atoms with van der Waals surface area (Å²) in [6.07, 6.45) is 0.874. The number of anilines is 1. The topological polar surface area (TPSA) is 41.1 Å². The lowest BCUT2D eigenvalue weighted by Gasteiger charge is -2.11. The molecule has 1 aromatic rings. The van der Waals surface area contributed by atoms with Crippen LogP contribution < -0.4 is 10.6 Å². The Labute approximate surface area is 112 Å². The van der Waals surface area contributed by atoms with Crippen LogP contribution in [-0.4, -0.2) is 19.0 Å². The molecule has 0 bridgehead atoms. The Kier molecular flexibility index (Phi) is 5.73. The minimum absolute atomic E-state index is 0.143. The maximum atomic E-state index is 13.6. The molecule has 1 aromatic carbocycles. The summed E-state index contributed by atoms with van der Waals surface area (Å²) in [5, 5.41) is 5.19. The fourth-order valence-corrected chi connectivity index (χ4v) is 1.55. The van der Waals surface area contributed by atoms with Crippen LogP contribution >= 0.6 is 0 Å². The molecule has 0 saturated carbocycles. The Hall–Kier alpha value is -1.65. The number of rotatable bonds is 6. The van der Waals surface area contributed by atoms with Gasteiger partial charge in [0.25, 0.3) is 0 Å². The molecule has 0 atom stereocenters. The molecule has 0 aliphatic heterocycles. The van der Waals surface area contributed by atoms with E-state index in [9.17, 15) is 13.6 Å². The van der Waals surface area contributed by atoms with Gasteiger partial charge in [-0.3, -0.25) is 4.79 Å². The summed E-state index contributed by atoms with van der Waals surface area (Å²) < 4.78 is 27.0. The molecule has 0 unspecified atom stereocenters. The standard InChI is InChI=1S/C14H20F2N2O/c1-9(2)6-7-17-12(19)8-18-14-11(15)5-4-10(3)13(14)16/h4-5,9,18H,6-8H2,1-3H3,(H,17,19). The van der Waals surface area contributed by atoms with Gasteiger partial charge in [0.05, 0.1) is 6.54 Å². The van der Waals surface area contributed by atoms with Gasteiger partial charge in [-0.1, -0.05) is 19.9 Å². The second-order valence-electron chi connectivity index (χ2n) is 4.94. The molecule has 0 fully saturated rings. The third-order valence-corrected chi connectivity index (χ3v) is 2.75. The van der Waals surface area contributed by atoms with Gasteiger partial charge in [0.2, 0.25) is 5.91 Å². The highest BCUT2D eigenvalue weighted by molar-refractivity contribution is 5.80. The second kappa shape index (κ2) is 7.07. The van der Waals surface area contributed by atoms with E-state index < -0.39 is 11.6 Å². The summed E-state index contributed by atoms with van der Waals surface area (Å²) in [4.78, 5) is 11.5. The van der Waals surface area contributed by atoms with Gasteiger partial charge >= 0.3 is 0 Å². The average Bonchev–Trinajstić information content (AvgIpc) is 2.33. The molecule has 0 aliphatic carbocycles. The Morgan fingerprint density at radius 1 is 1.32 bits per heavy atom. The van der Waals surface area contributed by atoms with Crippen LogP contribution in [0.3, 0.4) is 0 Å². The number of aryl methyl sites for hydroxylation is 1. The van der Waals surface area contributed by atoms with Crippen molar-refractivity contribution < 1.29 is 13.6 Å². The molecule has 0 spiro atoms. The van der Waals surface area contributed by atoms with Gasteiger partial charge in [0.1, 0.15) is 11.5 Å². The van der Waals surface area contributed by atoms with Crippen molar-refractivity contribution in [1.82, 2.24) is 5.32 Å². The van der Waals surface area contributed by atoms with Crippen LogP contribution in [-0.2, 0) is 4.79 Å². The molecule has 0 saturated heterocycles. The molecule has 0 aliphatic rings. The normalized spacial score (nSPS) is 10.6. The van der Waals surface area contributed by atoms with Gasteiger partial charge in [-0.05, 0) is 30.9 Å². The third-order valence-electron chi connectivity index (χ3n) is 2.75. The molecule has 1 rings (SSSR count). The molecule has 3 nitrogen and oxygen atoms in total. The first-order valence-electron chi connectivity index (χ1n) is 6.37. The monoisotopic (exact) mass is 270 g/mol. The van der Waals surface area contributed by atoms with E-state index in [2.05, 4.69) is 24.5 Å². The number of halogens is 2. The first-order valence-corrected chi connectivity index (χ1v) is 6.37. The van der Waals surface area contributed by atoms with Gasteiger partial charge in [0.15, 0.2) is 5.82 Å². The number of nitrogens with one attached hydrogen (secondary N) is 2. The molecule has 5 heteroatoms. The first kappa shape index (κ1) is 15.4. The lowest BCUT2D eigenvalue weighted by Crippen LogP contribution is -2.31. The van der Waals surface area contributed by atoms with Gasteiger partial charge in [0, 0.05) is 6.54 Å². The van der Waals surface area contributed by atoms with Crippen molar-refractivity contribution in [3.8, 4) is 0 Å². The molecule has 0 aromatic heterocycles. The highest BCUT2D eigenvalue weighted by Crippen LogP contribution is 2.21. The summed E-state index contributed by atoms with van der Waals surface area (Å²) >= 11 is 0. The van der Waals surface area contributed by atoms with E-state index in [1.165, 1.54) is 12.1 Å². The smallest absolute Gasteiger partial charge is 0.239 e. The number of hydrogen-bond acceptors (Lipinski definition) is 2. The van der Waals surface area contributed by atoms with Crippen molar-refractivity contribution in [2.24, 2.45) is 5.92 Å². The second-order valence-corrected chi connectivity index (χ2v) is 4.94. The zero-order chi connectivity index (χ0) is 14.4. The summed E-state index contributed by atoms with van der Waals surface area (Å²) in [5.41, 5.74) is 0.0862. The number of hydrogen-bond donors (Lipinski definition) is 2. The van der Waals surface area contributed by atoms with E-state index in [0.717, 1.165) is 6.42 Å². The first-order chi connectivity index (χ1) is 8.91. The van der Waals surface area contributed by atoms with Gasteiger partial charge in [-0.2, -0.15) is 0 Å². The van der Waals surface area contributed by atoms with Crippen LogP contribution in [0, 0.1) is 24.5 Å². The van der Waals surface area contributed by atoms with Crippen molar-refractivity contribution in [3.05, 3.63) is 29.3 Å². The van der Waals surface area contributed by atoms with Gasteiger partial charge < -0.3 is 10.6 Å². The Bertz CT molecular complexity index is 447. The van der Waals surface area contributed by atoms with Crippen molar-refractivity contribution in [1.29, 1.82) is 0 Å². The molecule has 2 N–H and O–H groups in total. The molecule has 0 radical (unpaired) electrons. The van der Waals surface area contributed by atoms with Gasteiger partial charge in [-0.25, -0.2) is 8.78 Å². The zero-order valence-electron chi connectivity index (χ0n) is 11.5. The van der Waals surface area contributed by atoms with Crippen molar-refractivity contribution in [2.45, 2.75) is 27.2 Å². The SMILES string of the molecule is Cc1ccc(F)c(NCC(=O)NCCC(C)C)c1F. The lowest BCUT2D eigenvalue weighted by molar-refractivity contribution is -0.119. The van der Waals surface area contributed by atoms with E-state index in [4.69, 9.17) is 0 Å². The summed E-state index contributed by atoms with van der Waals surface area (Å²) in [6, 6.07) is 2.54. The molecule has 0 heterocycles. The molecule has 1 amide bonds. The lowest BCUT2D eigenvalue weighted by atomic mass is 10.1. The number of carbonyl (C=O) groups excluding carboxylic acids is 1. The van der Waals surface area contributed by atoms with Crippen LogP contribution in [0.25, 0.3) is 0 Å². The number of benzene rings is 1. The molecule has 106 valence electrons. The van der Waals surface area contributed by atoms with Crippen molar-refractivity contribution in [2.75, 3.05) is 18.4 Å². The predicted octanol–water partition coefficient (Wildman–Crippen LogP) is 2.85. The minimum atomic E-state index is -0.696. The van der Waals surface area contributed by atoms with E-state index >= 15 is 0 Å². The van der Waals surface area contributed by atoms with Crippen molar-refractivity contribution >= 4 is 11.6 Å². The maximum Gasteiger partial charge on any atom is 0.239 e. The molecular weight excluding hydrogens is 250 g/mol. The fourth-order valence-electron chi connectivity index (χ4n) is 1.55. The number of carbonyl (C=O) groups is 1. The quantitative estimate of drug-likeness (QED) is 0.834. The number of amides is 1. The van der Waals surface area contributed by atoms with E-state index in [0.29, 0.717) is 18.0 Å². The maximum absolute atomic E-state index is 13.6.